The zero-order valence-corrected chi connectivity index (χ0v) is 19.9. The molecule has 1 aliphatic rings. The fraction of sp³-hybridized carbons (Fsp3) is 0.185. The van der Waals surface area contributed by atoms with Gasteiger partial charge in [-0.3, -0.25) is 0 Å². The Bertz CT molecular complexity index is 1610. The standard InChI is InChI=1S/C27H20F3N3O2S/c1-36(34,35)25-13-19(11-12-20(25)18-7-3-2-4-8-18)26(16-31)14-22(26)23-15-33(17-32-23)24-10-6-5-9-21(24)27(28,29)30/h2-13,15,17,22H,14H2,1H3. The van der Waals surface area contributed by atoms with Crippen molar-refractivity contribution in [3.8, 4) is 22.9 Å². The van der Waals surface area contributed by atoms with Crippen LogP contribution in [0.4, 0.5) is 13.2 Å². The highest BCUT2D eigenvalue weighted by Crippen LogP contribution is 2.60. The van der Waals surface area contributed by atoms with Gasteiger partial charge in [-0.05, 0) is 35.7 Å². The SMILES string of the molecule is CS(=O)(=O)c1cc(C2(C#N)CC2c2cn(-c3ccccc3C(F)(F)F)cn2)ccc1-c1ccccc1. The van der Waals surface area contributed by atoms with Crippen LogP contribution in [-0.4, -0.2) is 24.2 Å². The smallest absolute Gasteiger partial charge is 0.305 e. The number of hydrogen-bond acceptors (Lipinski definition) is 4. The van der Waals surface area contributed by atoms with Gasteiger partial charge in [-0.25, -0.2) is 13.4 Å². The van der Waals surface area contributed by atoms with Crippen LogP contribution in [0, 0.1) is 11.3 Å². The third kappa shape index (κ3) is 4.07. The van der Waals surface area contributed by atoms with Crippen molar-refractivity contribution in [3.05, 3.63) is 102 Å². The monoisotopic (exact) mass is 507 g/mol. The maximum absolute atomic E-state index is 13.5. The van der Waals surface area contributed by atoms with Crippen molar-refractivity contribution in [1.29, 1.82) is 5.26 Å². The Morgan fingerprint density at radius 3 is 2.42 bits per heavy atom. The van der Waals surface area contributed by atoms with E-state index in [0.717, 1.165) is 17.9 Å². The molecular weight excluding hydrogens is 487 g/mol. The molecule has 1 saturated carbocycles. The van der Waals surface area contributed by atoms with Crippen LogP contribution >= 0.6 is 0 Å². The van der Waals surface area contributed by atoms with E-state index in [0.29, 0.717) is 23.2 Å². The number of hydrogen-bond donors (Lipinski definition) is 0. The zero-order chi connectivity index (χ0) is 25.7. The molecule has 1 aromatic heterocycles. The molecule has 0 amide bonds. The third-order valence-electron chi connectivity index (χ3n) is 6.59. The van der Waals surface area contributed by atoms with Gasteiger partial charge < -0.3 is 4.57 Å². The van der Waals surface area contributed by atoms with Crippen molar-refractivity contribution in [3.63, 3.8) is 0 Å². The van der Waals surface area contributed by atoms with Gasteiger partial charge in [0, 0.05) is 23.9 Å². The van der Waals surface area contributed by atoms with Crippen molar-refractivity contribution in [2.24, 2.45) is 0 Å². The Kier molecular flexibility index (Phi) is 5.52. The maximum Gasteiger partial charge on any atom is 0.418 e. The molecule has 9 heteroatoms. The highest BCUT2D eigenvalue weighted by atomic mass is 32.2. The number of rotatable bonds is 5. The molecule has 0 radical (unpaired) electrons. The molecule has 182 valence electrons. The number of imidazole rings is 1. The Morgan fingerprint density at radius 2 is 1.75 bits per heavy atom. The first kappa shape index (κ1) is 23.8. The molecule has 1 heterocycles. The van der Waals surface area contributed by atoms with E-state index in [2.05, 4.69) is 11.1 Å². The van der Waals surface area contributed by atoms with E-state index in [1.807, 2.05) is 30.3 Å². The molecule has 3 aromatic carbocycles. The van der Waals surface area contributed by atoms with Gasteiger partial charge in [0.1, 0.15) is 0 Å². The first-order chi connectivity index (χ1) is 17.0. The summed E-state index contributed by atoms with van der Waals surface area (Å²) >= 11 is 0. The van der Waals surface area contributed by atoms with Crippen LogP contribution in [0.3, 0.4) is 0 Å². The van der Waals surface area contributed by atoms with Crippen LogP contribution in [0.2, 0.25) is 0 Å². The molecule has 1 fully saturated rings. The van der Waals surface area contributed by atoms with Gasteiger partial charge in [0.05, 0.1) is 39.7 Å². The number of sulfone groups is 1. The van der Waals surface area contributed by atoms with Crippen LogP contribution in [-0.2, 0) is 21.4 Å². The van der Waals surface area contributed by atoms with E-state index in [4.69, 9.17) is 0 Å². The largest absolute Gasteiger partial charge is 0.418 e. The number of nitrogens with zero attached hydrogens (tertiary/aromatic N) is 3. The summed E-state index contributed by atoms with van der Waals surface area (Å²) in [5.41, 5.74) is 0.438. The van der Waals surface area contributed by atoms with Crippen molar-refractivity contribution in [2.75, 3.05) is 6.26 Å². The van der Waals surface area contributed by atoms with Crippen LogP contribution in [0.5, 0.6) is 0 Å². The van der Waals surface area contributed by atoms with E-state index in [-0.39, 0.29) is 16.5 Å². The minimum absolute atomic E-state index is 0.0569. The van der Waals surface area contributed by atoms with Gasteiger partial charge in [0.15, 0.2) is 9.84 Å². The fourth-order valence-corrected chi connectivity index (χ4v) is 5.60. The molecule has 5 rings (SSSR count). The summed E-state index contributed by atoms with van der Waals surface area (Å²) in [7, 11) is -3.61. The predicted octanol–water partition coefficient (Wildman–Crippen LogP) is 5.91. The molecule has 0 N–H and O–H groups in total. The van der Waals surface area contributed by atoms with Crippen molar-refractivity contribution < 1.29 is 21.6 Å². The van der Waals surface area contributed by atoms with E-state index in [1.54, 1.807) is 12.1 Å². The van der Waals surface area contributed by atoms with Gasteiger partial charge in [0.2, 0.25) is 0 Å². The third-order valence-corrected chi connectivity index (χ3v) is 7.73. The number of nitriles is 1. The Labute approximate surface area is 206 Å². The van der Waals surface area contributed by atoms with Crippen LogP contribution in [0.25, 0.3) is 16.8 Å². The molecule has 5 nitrogen and oxygen atoms in total. The molecule has 0 spiro atoms. The van der Waals surface area contributed by atoms with Gasteiger partial charge >= 0.3 is 6.18 Å². The van der Waals surface area contributed by atoms with E-state index in [1.165, 1.54) is 41.4 Å². The number of alkyl halides is 3. The summed E-state index contributed by atoms with van der Waals surface area (Å²) in [5.74, 6) is -0.378. The lowest BCUT2D eigenvalue weighted by molar-refractivity contribution is -0.137. The average Bonchev–Trinajstić information content (AvgIpc) is 3.41. The van der Waals surface area contributed by atoms with Crippen molar-refractivity contribution in [2.45, 2.75) is 28.8 Å². The molecule has 2 unspecified atom stereocenters. The molecule has 1 aliphatic carbocycles. The molecule has 0 bridgehead atoms. The lowest BCUT2D eigenvalue weighted by atomic mass is 9.92. The maximum atomic E-state index is 13.5. The zero-order valence-electron chi connectivity index (χ0n) is 19.1. The summed E-state index contributed by atoms with van der Waals surface area (Å²) in [4.78, 5) is 4.43. The molecule has 2 atom stereocenters. The summed E-state index contributed by atoms with van der Waals surface area (Å²) < 4.78 is 67.0. The second-order valence-electron chi connectivity index (χ2n) is 8.91. The minimum Gasteiger partial charge on any atom is -0.305 e. The molecule has 0 saturated heterocycles. The first-order valence-corrected chi connectivity index (χ1v) is 13.0. The van der Waals surface area contributed by atoms with Crippen LogP contribution in [0.1, 0.15) is 29.2 Å². The lowest BCUT2D eigenvalue weighted by Crippen LogP contribution is -2.10. The lowest BCUT2D eigenvalue weighted by Gasteiger charge is -2.14. The second-order valence-corrected chi connectivity index (χ2v) is 10.9. The summed E-state index contributed by atoms with van der Waals surface area (Å²) in [6, 6.07) is 21.6. The second kappa shape index (κ2) is 8.35. The van der Waals surface area contributed by atoms with Gasteiger partial charge in [-0.15, -0.1) is 0 Å². The summed E-state index contributed by atoms with van der Waals surface area (Å²) in [5, 5.41) is 10.1. The summed E-state index contributed by atoms with van der Waals surface area (Å²) in [6.07, 6.45) is -0.207. The topological polar surface area (TPSA) is 75.8 Å². The number of halogens is 3. The van der Waals surface area contributed by atoms with E-state index >= 15 is 0 Å². The highest BCUT2D eigenvalue weighted by Gasteiger charge is 2.58. The fourth-order valence-electron chi connectivity index (χ4n) is 4.68. The van der Waals surface area contributed by atoms with Crippen LogP contribution < -0.4 is 0 Å². The quantitative estimate of drug-likeness (QED) is 0.337. The van der Waals surface area contributed by atoms with E-state index in [9.17, 15) is 26.9 Å². The molecular formula is C27H20F3N3O2S. The predicted molar refractivity (Wildman–Crippen MR) is 128 cm³/mol. The Balaban J connectivity index is 1.53. The normalized spacial score (nSPS) is 19.6. The first-order valence-electron chi connectivity index (χ1n) is 11.1. The van der Waals surface area contributed by atoms with Crippen molar-refractivity contribution >= 4 is 9.84 Å². The summed E-state index contributed by atoms with van der Waals surface area (Å²) in [6.45, 7) is 0. The van der Waals surface area contributed by atoms with Gasteiger partial charge in [-0.2, -0.15) is 18.4 Å². The average molecular weight is 508 g/mol. The Hall–Kier alpha value is -3.90. The molecule has 0 aliphatic heterocycles. The number of benzene rings is 3. The van der Waals surface area contributed by atoms with E-state index < -0.39 is 27.0 Å². The van der Waals surface area contributed by atoms with Gasteiger partial charge in [-0.1, -0.05) is 54.6 Å². The van der Waals surface area contributed by atoms with Crippen molar-refractivity contribution in [1.82, 2.24) is 9.55 Å². The number of aromatic nitrogens is 2. The van der Waals surface area contributed by atoms with Crippen LogP contribution in [0.15, 0.2) is 90.2 Å². The Morgan fingerprint density at radius 1 is 1.06 bits per heavy atom. The molecule has 36 heavy (non-hydrogen) atoms. The highest BCUT2D eigenvalue weighted by molar-refractivity contribution is 7.90. The number of para-hydroxylation sites is 1. The molecule has 4 aromatic rings. The minimum atomic E-state index is -4.53. The van der Waals surface area contributed by atoms with Gasteiger partial charge in [0.25, 0.3) is 0 Å².